The molecule has 1 aromatic carbocycles. The summed E-state index contributed by atoms with van der Waals surface area (Å²) >= 11 is 7.29. The Balaban J connectivity index is 1.80. The molecular weight excluding hydrogens is 340 g/mol. The lowest BCUT2D eigenvalue weighted by atomic mass is 10.1. The van der Waals surface area contributed by atoms with E-state index >= 15 is 0 Å². The van der Waals surface area contributed by atoms with Gasteiger partial charge in [0.2, 0.25) is 5.78 Å². The fraction of sp³-hybridized carbons (Fsp3) is 0.263. The maximum atomic E-state index is 12.8. The van der Waals surface area contributed by atoms with E-state index in [0.29, 0.717) is 21.2 Å². The standard InChI is InChI=1S/C19H17ClN2OS/c20-13-8-6-11(7-9-13)17(23)18-16(21)14-10-12-4-2-1-3-5-15(12)22-19(14)24-18/h6-10H,1-5,21H2. The Hall–Kier alpha value is -1.91. The number of benzene rings is 1. The quantitative estimate of drug-likeness (QED) is 0.517. The number of halogens is 1. The number of rotatable bonds is 2. The van der Waals surface area contributed by atoms with Crippen molar-refractivity contribution in [3.8, 4) is 0 Å². The van der Waals surface area contributed by atoms with Crippen LogP contribution in [-0.2, 0) is 12.8 Å². The van der Waals surface area contributed by atoms with E-state index < -0.39 is 0 Å². The van der Waals surface area contributed by atoms with Gasteiger partial charge in [-0.05, 0) is 61.6 Å². The molecule has 2 N–H and O–H groups in total. The SMILES string of the molecule is Nc1c(C(=O)c2ccc(Cl)cc2)sc2nc3c(cc12)CCCCC3. The van der Waals surface area contributed by atoms with Crippen LogP contribution < -0.4 is 5.73 Å². The third-order valence-electron chi connectivity index (χ3n) is 4.56. The number of carbonyl (C=O) groups excluding carboxylic acids is 1. The highest BCUT2D eigenvalue weighted by molar-refractivity contribution is 7.21. The van der Waals surface area contributed by atoms with Gasteiger partial charge in [0, 0.05) is 21.7 Å². The van der Waals surface area contributed by atoms with Gasteiger partial charge in [0.1, 0.15) is 9.71 Å². The zero-order valence-electron chi connectivity index (χ0n) is 13.1. The number of nitrogen functional groups attached to an aromatic ring is 1. The fourth-order valence-electron chi connectivity index (χ4n) is 3.24. The highest BCUT2D eigenvalue weighted by Gasteiger charge is 2.21. The van der Waals surface area contributed by atoms with Crippen LogP contribution in [0.3, 0.4) is 0 Å². The highest BCUT2D eigenvalue weighted by Crippen LogP contribution is 2.36. The highest BCUT2D eigenvalue weighted by atomic mass is 35.5. The molecule has 0 saturated carbocycles. The second-order valence-electron chi connectivity index (χ2n) is 6.19. The Kier molecular flexibility index (Phi) is 4.02. The van der Waals surface area contributed by atoms with Gasteiger partial charge in [0.15, 0.2) is 0 Å². The van der Waals surface area contributed by atoms with Crippen molar-refractivity contribution in [3.63, 3.8) is 0 Å². The fourth-order valence-corrected chi connectivity index (χ4v) is 4.42. The molecule has 24 heavy (non-hydrogen) atoms. The number of nitrogens with zero attached hydrogens (tertiary/aromatic N) is 1. The maximum absolute atomic E-state index is 12.8. The van der Waals surface area contributed by atoms with Crippen molar-refractivity contribution in [3.05, 3.63) is 57.1 Å². The summed E-state index contributed by atoms with van der Waals surface area (Å²) in [5, 5.41) is 1.53. The summed E-state index contributed by atoms with van der Waals surface area (Å²) in [6, 6.07) is 9.05. The molecule has 4 rings (SSSR count). The van der Waals surface area contributed by atoms with Gasteiger partial charge in [0.25, 0.3) is 0 Å². The molecule has 3 nitrogen and oxygen atoms in total. The predicted molar refractivity (Wildman–Crippen MR) is 100 cm³/mol. The largest absolute Gasteiger partial charge is 0.397 e. The van der Waals surface area contributed by atoms with Gasteiger partial charge in [-0.15, -0.1) is 11.3 Å². The van der Waals surface area contributed by atoms with Crippen LogP contribution in [0.25, 0.3) is 10.2 Å². The smallest absolute Gasteiger partial charge is 0.205 e. The molecule has 0 fully saturated rings. The number of fused-ring (bicyclic) bond motifs is 2. The second-order valence-corrected chi connectivity index (χ2v) is 7.62. The second kappa shape index (κ2) is 6.19. The van der Waals surface area contributed by atoms with E-state index in [-0.39, 0.29) is 5.78 Å². The number of anilines is 1. The Morgan fingerprint density at radius 3 is 2.67 bits per heavy atom. The van der Waals surface area contributed by atoms with Crippen LogP contribution in [0, 0.1) is 0 Å². The van der Waals surface area contributed by atoms with Crippen molar-refractivity contribution in [2.45, 2.75) is 32.1 Å². The van der Waals surface area contributed by atoms with E-state index in [2.05, 4.69) is 6.07 Å². The van der Waals surface area contributed by atoms with Gasteiger partial charge >= 0.3 is 0 Å². The van der Waals surface area contributed by atoms with E-state index in [1.165, 1.54) is 41.9 Å². The van der Waals surface area contributed by atoms with Gasteiger partial charge < -0.3 is 5.73 Å². The Morgan fingerprint density at radius 2 is 1.88 bits per heavy atom. The number of thiophene rings is 1. The summed E-state index contributed by atoms with van der Waals surface area (Å²) in [6.07, 6.45) is 5.70. The first-order valence-corrected chi connectivity index (χ1v) is 9.34. The molecule has 0 aliphatic heterocycles. The summed E-state index contributed by atoms with van der Waals surface area (Å²) < 4.78 is 0. The summed E-state index contributed by atoms with van der Waals surface area (Å²) in [5.41, 5.74) is 9.91. The van der Waals surface area contributed by atoms with Gasteiger partial charge in [-0.2, -0.15) is 0 Å². The van der Waals surface area contributed by atoms with Crippen LogP contribution >= 0.6 is 22.9 Å². The molecule has 5 heteroatoms. The minimum absolute atomic E-state index is 0.0673. The molecular formula is C19H17ClN2OS. The normalized spacial score (nSPS) is 14.4. The lowest BCUT2D eigenvalue weighted by Crippen LogP contribution is -2.01. The number of carbonyl (C=O) groups is 1. The van der Waals surface area contributed by atoms with Crippen molar-refractivity contribution in [1.82, 2.24) is 4.98 Å². The van der Waals surface area contributed by atoms with Crippen LogP contribution in [0.2, 0.25) is 5.02 Å². The summed E-state index contributed by atoms with van der Waals surface area (Å²) in [7, 11) is 0. The number of aryl methyl sites for hydroxylation is 2. The minimum atomic E-state index is -0.0673. The van der Waals surface area contributed by atoms with Crippen LogP contribution in [-0.4, -0.2) is 10.8 Å². The molecule has 0 radical (unpaired) electrons. The van der Waals surface area contributed by atoms with E-state index in [1.54, 1.807) is 24.3 Å². The number of pyridine rings is 1. The van der Waals surface area contributed by atoms with Crippen molar-refractivity contribution in [2.75, 3.05) is 5.73 Å². The molecule has 1 aliphatic carbocycles. The van der Waals surface area contributed by atoms with Crippen molar-refractivity contribution >= 4 is 44.6 Å². The molecule has 0 amide bonds. The minimum Gasteiger partial charge on any atom is -0.397 e. The number of hydrogen-bond acceptors (Lipinski definition) is 4. The Bertz CT molecular complexity index is 931. The van der Waals surface area contributed by atoms with Crippen LogP contribution in [0.4, 0.5) is 5.69 Å². The number of aromatic nitrogens is 1. The molecule has 122 valence electrons. The van der Waals surface area contributed by atoms with Crippen LogP contribution in [0.1, 0.15) is 45.8 Å². The molecule has 0 atom stereocenters. The summed E-state index contributed by atoms with van der Waals surface area (Å²) in [6.45, 7) is 0. The lowest BCUT2D eigenvalue weighted by molar-refractivity contribution is 0.104. The lowest BCUT2D eigenvalue weighted by Gasteiger charge is -2.04. The average Bonchev–Trinajstić information content (AvgIpc) is 2.76. The first-order chi connectivity index (χ1) is 11.6. The molecule has 2 aromatic heterocycles. The monoisotopic (exact) mass is 356 g/mol. The predicted octanol–water partition coefficient (Wildman–Crippen LogP) is 5.03. The molecule has 0 unspecified atom stereocenters. The van der Waals surface area contributed by atoms with Crippen LogP contribution in [0.5, 0.6) is 0 Å². The van der Waals surface area contributed by atoms with Gasteiger partial charge in [-0.1, -0.05) is 18.0 Å². The number of ketones is 1. The zero-order valence-corrected chi connectivity index (χ0v) is 14.7. The first-order valence-electron chi connectivity index (χ1n) is 8.14. The van der Waals surface area contributed by atoms with Crippen molar-refractivity contribution < 1.29 is 4.79 Å². The molecule has 3 aromatic rings. The third-order valence-corrected chi connectivity index (χ3v) is 5.93. The molecule has 0 spiro atoms. The number of nitrogens with two attached hydrogens (primary N) is 1. The van der Waals surface area contributed by atoms with E-state index in [4.69, 9.17) is 22.3 Å². The van der Waals surface area contributed by atoms with E-state index in [0.717, 1.165) is 23.1 Å². The third kappa shape index (κ3) is 2.70. The Labute approximate surface area is 149 Å². The zero-order chi connectivity index (χ0) is 16.7. The topological polar surface area (TPSA) is 56.0 Å². The van der Waals surface area contributed by atoms with E-state index in [9.17, 15) is 4.79 Å². The molecule has 0 bridgehead atoms. The maximum Gasteiger partial charge on any atom is 0.205 e. The number of hydrogen-bond donors (Lipinski definition) is 1. The van der Waals surface area contributed by atoms with Gasteiger partial charge in [-0.3, -0.25) is 4.79 Å². The summed E-state index contributed by atoms with van der Waals surface area (Å²) in [4.78, 5) is 19.0. The van der Waals surface area contributed by atoms with Gasteiger partial charge in [-0.25, -0.2) is 4.98 Å². The molecule has 0 saturated heterocycles. The average molecular weight is 357 g/mol. The Morgan fingerprint density at radius 1 is 1.12 bits per heavy atom. The van der Waals surface area contributed by atoms with Crippen molar-refractivity contribution in [2.24, 2.45) is 0 Å². The van der Waals surface area contributed by atoms with Gasteiger partial charge in [0.05, 0.1) is 5.69 Å². The van der Waals surface area contributed by atoms with Crippen LogP contribution in [0.15, 0.2) is 30.3 Å². The first kappa shape index (κ1) is 15.6. The molecule has 1 aliphatic rings. The molecule has 2 heterocycles. The van der Waals surface area contributed by atoms with Crippen molar-refractivity contribution in [1.29, 1.82) is 0 Å². The van der Waals surface area contributed by atoms with E-state index in [1.807, 2.05) is 0 Å². The summed E-state index contributed by atoms with van der Waals surface area (Å²) in [5.74, 6) is -0.0673.